The van der Waals surface area contributed by atoms with Crippen molar-refractivity contribution < 1.29 is 14.3 Å². The van der Waals surface area contributed by atoms with Gasteiger partial charge < -0.3 is 15.4 Å². The van der Waals surface area contributed by atoms with Gasteiger partial charge in [0.1, 0.15) is 17.8 Å². The summed E-state index contributed by atoms with van der Waals surface area (Å²) < 4.78 is 5.05. The standard InChI is InChI=1S/C18H22N4O3/c1-4-25-18(24)13-7-5-6-8-14(13)22-16-9-15(20-11-21-16)17(23)19-10-12(2)3/h5-9,11-12H,4,10H2,1-3H3,(H,19,23)(H,20,21,22). The Morgan fingerprint density at radius 3 is 2.68 bits per heavy atom. The maximum Gasteiger partial charge on any atom is 0.340 e. The predicted molar refractivity (Wildman–Crippen MR) is 94.9 cm³/mol. The number of hydrogen-bond acceptors (Lipinski definition) is 6. The van der Waals surface area contributed by atoms with Crippen molar-refractivity contribution in [1.82, 2.24) is 15.3 Å². The molecule has 0 aliphatic heterocycles. The second-order valence-corrected chi connectivity index (χ2v) is 5.78. The minimum Gasteiger partial charge on any atom is -0.462 e. The van der Waals surface area contributed by atoms with Crippen LogP contribution in [0.25, 0.3) is 0 Å². The monoisotopic (exact) mass is 342 g/mol. The lowest BCUT2D eigenvalue weighted by atomic mass is 10.2. The predicted octanol–water partition coefficient (Wildman–Crippen LogP) is 2.78. The Morgan fingerprint density at radius 2 is 1.96 bits per heavy atom. The summed E-state index contributed by atoms with van der Waals surface area (Å²) in [5.74, 6) is 0.0775. The summed E-state index contributed by atoms with van der Waals surface area (Å²) in [5.41, 5.74) is 1.20. The number of anilines is 2. The van der Waals surface area contributed by atoms with Crippen molar-refractivity contribution in [2.45, 2.75) is 20.8 Å². The Bertz CT molecular complexity index is 747. The van der Waals surface area contributed by atoms with Crippen molar-refractivity contribution in [1.29, 1.82) is 0 Å². The minimum atomic E-state index is -0.422. The summed E-state index contributed by atoms with van der Waals surface area (Å²) in [5, 5.41) is 5.84. The van der Waals surface area contributed by atoms with Crippen LogP contribution in [0.2, 0.25) is 0 Å². The molecule has 0 radical (unpaired) electrons. The first-order valence-electron chi connectivity index (χ1n) is 8.14. The number of amides is 1. The van der Waals surface area contributed by atoms with E-state index >= 15 is 0 Å². The van der Waals surface area contributed by atoms with Crippen LogP contribution >= 0.6 is 0 Å². The number of nitrogens with zero attached hydrogens (tertiary/aromatic N) is 2. The van der Waals surface area contributed by atoms with Gasteiger partial charge in [0, 0.05) is 12.6 Å². The molecule has 0 atom stereocenters. The lowest BCUT2D eigenvalue weighted by Crippen LogP contribution is -2.28. The summed E-state index contributed by atoms with van der Waals surface area (Å²) in [6.45, 7) is 6.64. The van der Waals surface area contributed by atoms with Crippen LogP contribution in [0.5, 0.6) is 0 Å². The second kappa shape index (κ2) is 8.77. The molecule has 0 bridgehead atoms. The van der Waals surface area contributed by atoms with Crippen molar-refractivity contribution in [2.75, 3.05) is 18.5 Å². The maximum absolute atomic E-state index is 12.1. The highest BCUT2D eigenvalue weighted by atomic mass is 16.5. The average molecular weight is 342 g/mol. The van der Waals surface area contributed by atoms with Gasteiger partial charge in [0.05, 0.1) is 17.9 Å². The van der Waals surface area contributed by atoms with E-state index in [0.29, 0.717) is 36.1 Å². The molecule has 1 heterocycles. The van der Waals surface area contributed by atoms with Gasteiger partial charge in [-0.25, -0.2) is 14.8 Å². The molecular formula is C18H22N4O3. The molecule has 2 rings (SSSR count). The summed E-state index contributed by atoms with van der Waals surface area (Å²) in [4.78, 5) is 32.2. The van der Waals surface area contributed by atoms with E-state index in [1.807, 2.05) is 13.8 Å². The van der Waals surface area contributed by atoms with Crippen LogP contribution < -0.4 is 10.6 Å². The molecule has 0 spiro atoms. The van der Waals surface area contributed by atoms with Crippen LogP contribution in [0.4, 0.5) is 11.5 Å². The molecule has 25 heavy (non-hydrogen) atoms. The van der Waals surface area contributed by atoms with Crippen LogP contribution in [-0.4, -0.2) is 35.0 Å². The first kappa shape index (κ1) is 18.4. The molecule has 7 nitrogen and oxygen atoms in total. The molecule has 0 aliphatic rings. The molecule has 0 aliphatic carbocycles. The lowest BCUT2D eigenvalue weighted by Gasteiger charge is -2.11. The number of nitrogens with one attached hydrogen (secondary N) is 2. The number of carbonyl (C=O) groups excluding carboxylic acids is 2. The molecule has 1 amide bonds. The number of rotatable bonds is 7. The smallest absolute Gasteiger partial charge is 0.340 e. The van der Waals surface area contributed by atoms with E-state index in [4.69, 9.17) is 4.74 Å². The van der Waals surface area contributed by atoms with Gasteiger partial charge in [0.15, 0.2) is 0 Å². The van der Waals surface area contributed by atoms with Crippen LogP contribution in [0, 0.1) is 5.92 Å². The Hall–Kier alpha value is -2.96. The molecular weight excluding hydrogens is 320 g/mol. The third-order valence-electron chi connectivity index (χ3n) is 3.26. The first-order chi connectivity index (χ1) is 12.0. The fraction of sp³-hybridized carbons (Fsp3) is 0.333. The molecule has 0 saturated heterocycles. The summed E-state index contributed by atoms with van der Waals surface area (Å²) >= 11 is 0. The first-order valence-corrected chi connectivity index (χ1v) is 8.14. The Balaban J connectivity index is 2.18. The van der Waals surface area contributed by atoms with E-state index < -0.39 is 5.97 Å². The Morgan fingerprint density at radius 1 is 1.20 bits per heavy atom. The number of benzene rings is 1. The van der Waals surface area contributed by atoms with Gasteiger partial charge in [0.2, 0.25) is 0 Å². The summed E-state index contributed by atoms with van der Waals surface area (Å²) in [6, 6.07) is 8.49. The highest BCUT2D eigenvalue weighted by Crippen LogP contribution is 2.20. The lowest BCUT2D eigenvalue weighted by molar-refractivity contribution is 0.0527. The second-order valence-electron chi connectivity index (χ2n) is 5.78. The fourth-order valence-electron chi connectivity index (χ4n) is 2.05. The van der Waals surface area contributed by atoms with Crippen molar-refractivity contribution in [3.05, 3.63) is 47.9 Å². The van der Waals surface area contributed by atoms with Gasteiger partial charge in [-0.1, -0.05) is 26.0 Å². The largest absolute Gasteiger partial charge is 0.462 e. The highest BCUT2D eigenvalue weighted by Gasteiger charge is 2.14. The van der Waals surface area contributed by atoms with Crippen molar-refractivity contribution in [3.8, 4) is 0 Å². The van der Waals surface area contributed by atoms with E-state index in [1.165, 1.54) is 12.4 Å². The SMILES string of the molecule is CCOC(=O)c1ccccc1Nc1cc(C(=O)NCC(C)C)ncn1. The van der Waals surface area contributed by atoms with E-state index in [2.05, 4.69) is 20.6 Å². The van der Waals surface area contributed by atoms with Crippen molar-refractivity contribution >= 4 is 23.4 Å². The summed E-state index contributed by atoms with van der Waals surface area (Å²) in [6.07, 6.45) is 1.31. The van der Waals surface area contributed by atoms with Crippen LogP contribution in [0.3, 0.4) is 0 Å². The zero-order valence-electron chi connectivity index (χ0n) is 14.6. The van der Waals surface area contributed by atoms with Crippen LogP contribution in [-0.2, 0) is 4.74 Å². The normalized spacial score (nSPS) is 10.4. The molecule has 7 heteroatoms. The molecule has 132 valence electrons. The van der Waals surface area contributed by atoms with E-state index in [9.17, 15) is 9.59 Å². The third-order valence-corrected chi connectivity index (χ3v) is 3.26. The van der Waals surface area contributed by atoms with E-state index in [-0.39, 0.29) is 11.6 Å². The minimum absolute atomic E-state index is 0.256. The number of hydrogen-bond donors (Lipinski definition) is 2. The van der Waals surface area contributed by atoms with Gasteiger partial charge in [-0.3, -0.25) is 4.79 Å². The molecule has 2 aromatic rings. The molecule has 0 fully saturated rings. The van der Waals surface area contributed by atoms with Crippen LogP contribution in [0.15, 0.2) is 36.7 Å². The zero-order chi connectivity index (χ0) is 18.2. The average Bonchev–Trinajstić information content (AvgIpc) is 2.60. The highest BCUT2D eigenvalue weighted by molar-refractivity contribution is 5.97. The zero-order valence-corrected chi connectivity index (χ0v) is 14.6. The number of para-hydroxylation sites is 1. The number of aromatic nitrogens is 2. The number of ether oxygens (including phenoxy) is 1. The number of carbonyl (C=O) groups is 2. The van der Waals surface area contributed by atoms with Gasteiger partial charge in [-0.2, -0.15) is 0 Å². The topological polar surface area (TPSA) is 93.2 Å². The Kier molecular flexibility index (Phi) is 6.45. The molecule has 0 unspecified atom stereocenters. The van der Waals surface area contributed by atoms with E-state index in [1.54, 1.807) is 31.2 Å². The number of esters is 1. The van der Waals surface area contributed by atoms with E-state index in [0.717, 1.165) is 0 Å². The third kappa shape index (κ3) is 5.27. The van der Waals surface area contributed by atoms with Crippen LogP contribution in [0.1, 0.15) is 41.6 Å². The van der Waals surface area contributed by atoms with Crippen molar-refractivity contribution in [3.63, 3.8) is 0 Å². The maximum atomic E-state index is 12.1. The van der Waals surface area contributed by atoms with Gasteiger partial charge in [-0.05, 0) is 25.0 Å². The molecule has 2 N–H and O–H groups in total. The Labute approximate surface area is 146 Å². The quantitative estimate of drug-likeness (QED) is 0.752. The summed E-state index contributed by atoms with van der Waals surface area (Å²) in [7, 11) is 0. The molecule has 1 aromatic carbocycles. The molecule has 1 aromatic heterocycles. The molecule has 0 saturated carbocycles. The van der Waals surface area contributed by atoms with Gasteiger partial charge in [0.25, 0.3) is 5.91 Å². The van der Waals surface area contributed by atoms with Crippen molar-refractivity contribution in [2.24, 2.45) is 5.92 Å². The van der Waals surface area contributed by atoms with Gasteiger partial charge >= 0.3 is 5.97 Å². The fourth-order valence-corrected chi connectivity index (χ4v) is 2.05. The van der Waals surface area contributed by atoms with Gasteiger partial charge in [-0.15, -0.1) is 0 Å².